The zero-order valence-electron chi connectivity index (χ0n) is 8.86. The average molecular weight is 228 g/mol. The van der Waals surface area contributed by atoms with Gasteiger partial charge < -0.3 is 9.52 Å². The maximum absolute atomic E-state index is 10.2. The standard InChI is InChI=1S/C11H16O3S/c1-9-10(6-7-14-9)15-8-4-2-3-5-11(12)13/h6-7H,2-5,8H2,1H3,(H,12,13). The Balaban J connectivity index is 2.03. The van der Waals surface area contributed by atoms with Gasteiger partial charge in [0, 0.05) is 11.3 Å². The molecule has 0 radical (unpaired) electrons. The second-order valence-corrected chi connectivity index (χ2v) is 4.53. The number of unbranched alkanes of at least 4 members (excludes halogenated alkanes) is 2. The highest BCUT2D eigenvalue weighted by atomic mass is 32.2. The van der Waals surface area contributed by atoms with Crippen molar-refractivity contribution < 1.29 is 14.3 Å². The minimum Gasteiger partial charge on any atom is -0.481 e. The first-order valence-corrected chi connectivity index (χ1v) is 6.07. The van der Waals surface area contributed by atoms with Crippen molar-refractivity contribution in [1.29, 1.82) is 0 Å². The molecular formula is C11H16O3S. The van der Waals surface area contributed by atoms with Crippen molar-refractivity contribution in [2.24, 2.45) is 0 Å². The Morgan fingerprint density at radius 1 is 1.47 bits per heavy atom. The van der Waals surface area contributed by atoms with Crippen molar-refractivity contribution in [3.05, 3.63) is 18.1 Å². The fourth-order valence-corrected chi connectivity index (χ4v) is 2.23. The smallest absolute Gasteiger partial charge is 0.303 e. The van der Waals surface area contributed by atoms with Crippen molar-refractivity contribution in [2.45, 2.75) is 37.5 Å². The van der Waals surface area contributed by atoms with Crippen LogP contribution in [0.25, 0.3) is 0 Å². The first-order valence-electron chi connectivity index (χ1n) is 5.09. The Hall–Kier alpha value is -0.900. The van der Waals surface area contributed by atoms with Gasteiger partial charge in [-0.1, -0.05) is 6.42 Å². The number of carboxylic acids is 1. The van der Waals surface area contributed by atoms with E-state index in [1.807, 2.05) is 13.0 Å². The molecule has 0 aliphatic heterocycles. The third-order valence-electron chi connectivity index (χ3n) is 2.10. The molecule has 0 spiro atoms. The number of rotatable bonds is 7. The lowest BCUT2D eigenvalue weighted by atomic mass is 10.2. The summed E-state index contributed by atoms with van der Waals surface area (Å²) in [5.74, 6) is 1.29. The molecule has 0 amide bonds. The second-order valence-electron chi connectivity index (χ2n) is 3.39. The molecule has 0 saturated heterocycles. The van der Waals surface area contributed by atoms with Gasteiger partial charge in [0.05, 0.1) is 6.26 Å². The molecule has 0 atom stereocenters. The quantitative estimate of drug-likeness (QED) is 0.574. The molecule has 0 saturated carbocycles. The predicted molar refractivity (Wildman–Crippen MR) is 60.3 cm³/mol. The topological polar surface area (TPSA) is 50.4 Å². The molecule has 0 fully saturated rings. The van der Waals surface area contributed by atoms with Crippen LogP contribution in [0.4, 0.5) is 0 Å². The molecule has 0 aliphatic carbocycles. The number of hydrogen-bond acceptors (Lipinski definition) is 3. The number of carbonyl (C=O) groups is 1. The lowest BCUT2D eigenvalue weighted by molar-refractivity contribution is -0.137. The lowest BCUT2D eigenvalue weighted by Gasteiger charge is -1.99. The van der Waals surface area contributed by atoms with E-state index in [4.69, 9.17) is 9.52 Å². The first-order chi connectivity index (χ1) is 7.20. The highest BCUT2D eigenvalue weighted by molar-refractivity contribution is 7.99. The van der Waals surface area contributed by atoms with Gasteiger partial charge in [0.2, 0.25) is 0 Å². The van der Waals surface area contributed by atoms with Gasteiger partial charge in [0.1, 0.15) is 5.76 Å². The Kier molecular flexibility index (Phi) is 5.32. The van der Waals surface area contributed by atoms with E-state index in [0.717, 1.165) is 30.8 Å². The molecule has 15 heavy (non-hydrogen) atoms. The third-order valence-corrected chi connectivity index (χ3v) is 3.33. The zero-order chi connectivity index (χ0) is 11.1. The summed E-state index contributed by atoms with van der Waals surface area (Å²) in [7, 11) is 0. The SMILES string of the molecule is Cc1occc1SCCCCCC(=O)O. The second kappa shape index (κ2) is 6.56. The maximum atomic E-state index is 10.2. The largest absolute Gasteiger partial charge is 0.481 e. The van der Waals surface area contributed by atoms with Crippen LogP contribution < -0.4 is 0 Å². The maximum Gasteiger partial charge on any atom is 0.303 e. The Morgan fingerprint density at radius 2 is 2.27 bits per heavy atom. The first kappa shape index (κ1) is 12.2. The molecule has 1 rings (SSSR count). The van der Waals surface area contributed by atoms with E-state index in [9.17, 15) is 4.79 Å². The Morgan fingerprint density at radius 3 is 2.87 bits per heavy atom. The fourth-order valence-electron chi connectivity index (χ4n) is 1.26. The van der Waals surface area contributed by atoms with E-state index in [0.29, 0.717) is 0 Å². The van der Waals surface area contributed by atoms with Crippen molar-refractivity contribution in [3.63, 3.8) is 0 Å². The summed E-state index contributed by atoms with van der Waals surface area (Å²) >= 11 is 1.77. The van der Waals surface area contributed by atoms with Gasteiger partial charge in [0.25, 0.3) is 0 Å². The number of aliphatic carboxylic acids is 1. The molecule has 84 valence electrons. The summed E-state index contributed by atoms with van der Waals surface area (Å²) < 4.78 is 5.18. The highest BCUT2D eigenvalue weighted by Gasteiger charge is 2.01. The average Bonchev–Trinajstić information content (AvgIpc) is 2.57. The van der Waals surface area contributed by atoms with Crippen molar-refractivity contribution in [1.82, 2.24) is 0 Å². The van der Waals surface area contributed by atoms with Crippen molar-refractivity contribution in [2.75, 3.05) is 5.75 Å². The molecule has 3 nitrogen and oxygen atoms in total. The summed E-state index contributed by atoms with van der Waals surface area (Å²) in [6, 6.07) is 1.97. The van der Waals surface area contributed by atoms with Crippen LogP contribution in [0.1, 0.15) is 31.4 Å². The molecule has 1 aromatic heterocycles. The van der Waals surface area contributed by atoms with Crippen molar-refractivity contribution >= 4 is 17.7 Å². The van der Waals surface area contributed by atoms with Gasteiger partial charge in [-0.05, 0) is 31.6 Å². The Bertz CT molecular complexity index is 307. The van der Waals surface area contributed by atoms with E-state index < -0.39 is 5.97 Å². The minimum absolute atomic E-state index is 0.287. The van der Waals surface area contributed by atoms with Gasteiger partial charge in [-0.2, -0.15) is 0 Å². The van der Waals surface area contributed by atoms with E-state index >= 15 is 0 Å². The number of carboxylic acid groups (broad SMARTS) is 1. The van der Waals surface area contributed by atoms with Crippen molar-refractivity contribution in [3.8, 4) is 0 Å². The number of thioether (sulfide) groups is 1. The van der Waals surface area contributed by atoms with Gasteiger partial charge in [-0.15, -0.1) is 11.8 Å². The van der Waals surface area contributed by atoms with E-state index in [-0.39, 0.29) is 6.42 Å². The Labute approximate surface area is 93.9 Å². The zero-order valence-corrected chi connectivity index (χ0v) is 9.68. The summed E-state index contributed by atoms with van der Waals surface area (Å²) in [5, 5.41) is 8.44. The lowest BCUT2D eigenvalue weighted by Crippen LogP contribution is -1.93. The molecule has 1 aromatic rings. The van der Waals surface area contributed by atoms with Crippen LogP contribution in [0.2, 0.25) is 0 Å². The molecule has 1 heterocycles. The third kappa shape index (κ3) is 4.93. The van der Waals surface area contributed by atoms with E-state index in [1.165, 1.54) is 4.90 Å². The minimum atomic E-state index is -0.701. The molecular weight excluding hydrogens is 212 g/mol. The van der Waals surface area contributed by atoms with E-state index in [1.54, 1.807) is 18.0 Å². The van der Waals surface area contributed by atoms with Crippen LogP contribution in [0.3, 0.4) is 0 Å². The summed E-state index contributed by atoms with van der Waals surface area (Å²) in [4.78, 5) is 11.4. The number of aryl methyl sites for hydroxylation is 1. The molecule has 4 heteroatoms. The highest BCUT2D eigenvalue weighted by Crippen LogP contribution is 2.24. The summed E-state index contributed by atoms with van der Waals surface area (Å²) in [5.41, 5.74) is 0. The number of furan rings is 1. The van der Waals surface area contributed by atoms with Gasteiger partial charge in [0.15, 0.2) is 0 Å². The van der Waals surface area contributed by atoms with Crippen LogP contribution in [0.15, 0.2) is 21.6 Å². The summed E-state index contributed by atoms with van der Waals surface area (Å²) in [6.45, 7) is 1.95. The van der Waals surface area contributed by atoms with Crippen LogP contribution in [0, 0.1) is 6.92 Å². The molecule has 0 aromatic carbocycles. The van der Waals surface area contributed by atoms with Crippen LogP contribution in [0.5, 0.6) is 0 Å². The van der Waals surface area contributed by atoms with Crippen LogP contribution in [-0.4, -0.2) is 16.8 Å². The van der Waals surface area contributed by atoms with Gasteiger partial charge >= 0.3 is 5.97 Å². The molecule has 0 aliphatic rings. The van der Waals surface area contributed by atoms with Crippen LogP contribution >= 0.6 is 11.8 Å². The van der Waals surface area contributed by atoms with Gasteiger partial charge in [-0.3, -0.25) is 4.79 Å². The monoisotopic (exact) mass is 228 g/mol. The summed E-state index contributed by atoms with van der Waals surface area (Å²) in [6.07, 6.45) is 4.80. The van der Waals surface area contributed by atoms with Gasteiger partial charge in [-0.25, -0.2) is 0 Å². The molecule has 0 bridgehead atoms. The molecule has 0 unspecified atom stereocenters. The molecule has 1 N–H and O–H groups in total. The van der Waals surface area contributed by atoms with Crippen LogP contribution in [-0.2, 0) is 4.79 Å². The predicted octanol–water partition coefficient (Wildman–Crippen LogP) is 3.33. The number of hydrogen-bond donors (Lipinski definition) is 1. The van der Waals surface area contributed by atoms with E-state index in [2.05, 4.69) is 0 Å². The normalized spacial score (nSPS) is 10.5. The fraction of sp³-hybridized carbons (Fsp3) is 0.545.